The lowest BCUT2D eigenvalue weighted by molar-refractivity contribution is 0.0695. The molecule has 2 saturated heterocycles. The van der Waals surface area contributed by atoms with Crippen LogP contribution in [-0.2, 0) is 7.05 Å². The van der Waals surface area contributed by atoms with Gasteiger partial charge in [0, 0.05) is 75.6 Å². The van der Waals surface area contributed by atoms with Crippen molar-refractivity contribution in [3.63, 3.8) is 0 Å². The number of hydrogen-bond donors (Lipinski definition) is 3. The Balaban J connectivity index is 1.57. The van der Waals surface area contributed by atoms with Crippen LogP contribution in [0.4, 0.5) is 20.2 Å². The first kappa shape index (κ1) is 25.4. The van der Waals surface area contributed by atoms with Crippen LogP contribution in [0.1, 0.15) is 16.8 Å². The second kappa shape index (κ2) is 8.96. The number of aryl methyl sites for hydroxylation is 1. The van der Waals surface area contributed by atoms with Gasteiger partial charge in [-0.05, 0) is 25.5 Å². The molecule has 5 aromatic rings. The van der Waals surface area contributed by atoms with Crippen molar-refractivity contribution < 1.29 is 18.7 Å². The van der Waals surface area contributed by atoms with Gasteiger partial charge in [-0.2, -0.15) is 0 Å². The summed E-state index contributed by atoms with van der Waals surface area (Å²) >= 11 is 0. The fourth-order valence-electron chi connectivity index (χ4n) is 6.76. The molecular formula is C29H27F2N7O3. The van der Waals surface area contributed by atoms with Gasteiger partial charge in [0.25, 0.3) is 0 Å². The highest BCUT2D eigenvalue weighted by Gasteiger charge is 2.42. The fraction of sp³-hybridized carbons (Fsp3) is 0.310. The lowest BCUT2D eigenvalue weighted by Crippen LogP contribution is -2.35. The van der Waals surface area contributed by atoms with E-state index in [1.807, 2.05) is 0 Å². The van der Waals surface area contributed by atoms with Gasteiger partial charge < -0.3 is 29.8 Å². The van der Waals surface area contributed by atoms with E-state index in [2.05, 4.69) is 37.1 Å². The average Bonchev–Trinajstić information content (AvgIpc) is 3.64. The van der Waals surface area contributed by atoms with Crippen LogP contribution in [0.2, 0.25) is 0 Å². The zero-order valence-corrected chi connectivity index (χ0v) is 22.6. The number of likely N-dealkylation sites (N-methyl/N-ethyl adjacent to an activating group) is 1. The minimum atomic E-state index is -1.33. The second-order valence-corrected chi connectivity index (χ2v) is 11.0. The van der Waals surface area contributed by atoms with Crippen LogP contribution in [0, 0.1) is 17.6 Å². The number of carboxylic acid groups (broad SMARTS) is 1. The zero-order chi connectivity index (χ0) is 28.7. The maximum atomic E-state index is 15.6. The molecule has 0 unspecified atom stereocenters. The Morgan fingerprint density at radius 2 is 1.95 bits per heavy atom. The number of pyridine rings is 3. The van der Waals surface area contributed by atoms with Crippen molar-refractivity contribution in [3.8, 4) is 11.1 Å². The largest absolute Gasteiger partial charge is 0.477 e. The topological polar surface area (TPSA) is 119 Å². The van der Waals surface area contributed by atoms with Crippen LogP contribution in [0.3, 0.4) is 0 Å². The molecule has 0 saturated carbocycles. The van der Waals surface area contributed by atoms with Crippen molar-refractivity contribution in [1.82, 2.24) is 24.4 Å². The summed E-state index contributed by atoms with van der Waals surface area (Å²) in [6, 6.07) is 2.88. The molecule has 12 heteroatoms. The number of nitrogens with one attached hydrogen (secondary N) is 2. The minimum absolute atomic E-state index is 0.0985. The van der Waals surface area contributed by atoms with Crippen molar-refractivity contribution in [2.24, 2.45) is 13.0 Å². The number of carbonyl (C=O) groups is 1. The van der Waals surface area contributed by atoms with E-state index in [9.17, 15) is 19.1 Å². The molecule has 0 amide bonds. The Kier molecular flexibility index (Phi) is 5.55. The fourth-order valence-corrected chi connectivity index (χ4v) is 6.76. The van der Waals surface area contributed by atoms with Gasteiger partial charge in [-0.25, -0.2) is 23.5 Å². The van der Waals surface area contributed by atoms with Gasteiger partial charge >= 0.3 is 5.97 Å². The molecule has 1 aromatic carbocycles. The molecule has 41 heavy (non-hydrogen) atoms. The molecule has 0 radical (unpaired) electrons. The lowest BCUT2D eigenvalue weighted by Gasteiger charge is -2.29. The Morgan fingerprint density at radius 3 is 2.71 bits per heavy atom. The number of hydrogen-bond acceptors (Lipinski definition) is 7. The number of aromatic carboxylic acids is 1. The third kappa shape index (κ3) is 3.63. The van der Waals surface area contributed by atoms with Crippen molar-refractivity contribution in [2.45, 2.75) is 12.5 Å². The number of H-pyrrole nitrogens is 1. The van der Waals surface area contributed by atoms with Crippen LogP contribution in [0.15, 0.2) is 35.5 Å². The van der Waals surface area contributed by atoms with Gasteiger partial charge in [0.2, 0.25) is 5.43 Å². The quantitative estimate of drug-likeness (QED) is 0.304. The SMILES string of the molecule is CNc1cc(F)c(F)c2c1[nH]c1ncc(-c3cnc4c(c3)c(=O)c(C(=O)O)cn4C)c(N3CC[C@H]4CN(C)C[C@H]43)c12. The number of anilines is 2. The highest BCUT2D eigenvalue weighted by atomic mass is 19.2. The standard InChI is InChI=1S/C29H27F2N7O3/c1-32-19-7-18(30)23(31)21-22-25(38-5-4-13-10-36(2)12-20(13)38)16(9-33-27(22)35-24(19)21)14-6-15-26(39)17(29(40)41)11-37(3)28(15)34-8-14/h6-9,11,13,20,32H,4-5,10,12H2,1-3H3,(H,33,35)(H,40,41)/t13-,20+/m0/s1. The molecule has 2 aliphatic heterocycles. The molecule has 2 atom stereocenters. The molecule has 0 spiro atoms. The molecule has 2 aliphatic rings. The Labute approximate surface area is 232 Å². The number of likely N-dealkylation sites (tertiary alicyclic amines) is 1. The number of benzene rings is 1. The van der Waals surface area contributed by atoms with Crippen molar-refractivity contribution in [1.29, 1.82) is 0 Å². The third-order valence-electron chi connectivity index (χ3n) is 8.61. The van der Waals surface area contributed by atoms with Gasteiger partial charge in [0.15, 0.2) is 11.6 Å². The zero-order valence-electron chi connectivity index (χ0n) is 22.6. The average molecular weight is 560 g/mol. The molecule has 2 fully saturated rings. The third-order valence-corrected chi connectivity index (χ3v) is 8.61. The predicted molar refractivity (Wildman–Crippen MR) is 153 cm³/mol. The highest BCUT2D eigenvalue weighted by Crippen LogP contribution is 2.46. The van der Waals surface area contributed by atoms with E-state index < -0.39 is 23.0 Å². The van der Waals surface area contributed by atoms with E-state index >= 15 is 4.39 Å². The van der Waals surface area contributed by atoms with E-state index in [0.717, 1.165) is 25.6 Å². The van der Waals surface area contributed by atoms with Crippen LogP contribution >= 0.6 is 0 Å². The summed E-state index contributed by atoms with van der Waals surface area (Å²) in [5, 5.41) is 13.2. The summed E-state index contributed by atoms with van der Waals surface area (Å²) in [7, 11) is 5.34. The summed E-state index contributed by atoms with van der Waals surface area (Å²) < 4.78 is 32.0. The molecule has 7 rings (SSSR count). The lowest BCUT2D eigenvalue weighted by atomic mass is 9.99. The van der Waals surface area contributed by atoms with Crippen molar-refractivity contribution in [2.75, 3.05) is 43.9 Å². The highest BCUT2D eigenvalue weighted by molar-refractivity contribution is 6.18. The number of fused-ring (bicyclic) bond motifs is 5. The van der Waals surface area contributed by atoms with Crippen LogP contribution in [-0.4, -0.2) is 75.3 Å². The van der Waals surface area contributed by atoms with E-state index in [1.165, 1.54) is 10.8 Å². The van der Waals surface area contributed by atoms with Crippen LogP contribution < -0.4 is 15.6 Å². The monoisotopic (exact) mass is 559 g/mol. The smallest absolute Gasteiger partial charge is 0.341 e. The van der Waals surface area contributed by atoms with E-state index in [1.54, 1.807) is 32.6 Å². The van der Waals surface area contributed by atoms with Crippen LogP contribution in [0.25, 0.3) is 44.1 Å². The molecule has 6 heterocycles. The first-order valence-electron chi connectivity index (χ1n) is 13.4. The minimum Gasteiger partial charge on any atom is -0.477 e. The number of aromatic amines is 1. The molecule has 0 bridgehead atoms. The first-order valence-corrected chi connectivity index (χ1v) is 13.4. The summed E-state index contributed by atoms with van der Waals surface area (Å²) in [5.41, 5.74) is 2.35. The van der Waals surface area contributed by atoms with Crippen LogP contribution in [0.5, 0.6) is 0 Å². The molecule has 3 N–H and O–H groups in total. The normalized spacial score (nSPS) is 19.1. The Bertz CT molecular complexity index is 1990. The van der Waals surface area contributed by atoms with Gasteiger partial charge in [-0.15, -0.1) is 0 Å². The number of rotatable bonds is 4. The van der Waals surface area contributed by atoms with E-state index in [0.29, 0.717) is 57.2 Å². The molecular weight excluding hydrogens is 532 g/mol. The van der Waals surface area contributed by atoms with Gasteiger partial charge in [0.1, 0.15) is 16.9 Å². The molecule has 10 nitrogen and oxygen atoms in total. The maximum absolute atomic E-state index is 15.6. The number of aromatic nitrogens is 4. The van der Waals surface area contributed by atoms with E-state index in [-0.39, 0.29) is 22.4 Å². The maximum Gasteiger partial charge on any atom is 0.341 e. The summed E-state index contributed by atoms with van der Waals surface area (Å²) in [6.45, 7) is 2.47. The number of carboxylic acids is 1. The summed E-state index contributed by atoms with van der Waals surface area (Å²) in [5.74, 6) is -2.86. The Hall–Kier alpha value is -4.58. The molecule has 0 aliphatic carbocycles. The number of nitrogens with zero attached hydrogens (tertiary/aromatic N) is 5. The van der Waals surface area contributed by atoms with Crippen molar-refractivity contribution >= 4 is 50.3 Å². The van der Waals surface area contributed by atoms with Gasteiger partial charge in [0.05, 0.1) is 33.1 Å². The first-order chi connectivity index (χ1) is 19.7. The van der Waals surface area contributed by atoms with Gasteiger partial charge in [-0.1, -0.05) is 0 Å². The number of halogens is 2. The second-order valence-electron chi connectivity index (χ2n) is 11.0. The Morgan fingerprint density at radius 1 is 1.15 bits per heavy atom. The summed E-state index contributed by atoms with van der Waals surface area (Å²) in [4.78, 5) is 41.8. The molecule has 210 valence electrons. The van der Waals surface area contributed by atoms with Gasteiger partial charge in [-0.3, -0.25) is 4.79 Å². The van der Waals surface area contributed by atoms with Crippen molar-refractivity contribution in [3.05, 3.63) is 58.1 Å². The predicted octanol–water partition coefficient (Wildman–Crippen LogP) is 3.79. The summed E-state index contributed by atoms with van der Waals surface area (Å²) in [6.07, 6.45) is 5.45. The van der Waals surface area contributed by atoms with E-state index in [4.69, 9.17) is 0 Å². The molecule has 4 aromatic heterocycles.